The summed E-state index contributed by atoms with van der Waals surface area (Å²) in [7, 11) is 1.51. The van der Waals surface area contributed by atoms with Crippen molar-refractivity contribution in [1.29, 1.82) is 0 Å². The Morgan fingerprint density at radius 1 is 1.37 bits per heavy atom. The average Bonchev–Trinajstić information content (AvgIpc) is 3.02. The molecule has 3 rings (SSSR count). The molecule has 0 spiro atoms. The van der Waals surface area contributed by atoms with Crippen LogP contribution in [0.4, 0.5) is 5.69 Å². The number of anilines is 1. The molecule has 1 aromatic carbocycles. The zero-order valence-corrected chi connectivity index (χ0v) is 10.1. The summed E-state index contributed by atoms with van der Waals surface area (Å²) in [6.07, 6.45) is 2.96. The molecular formula is C13H10N2O4. The number of carbonyl (C=O) groups is 2. The highest BCUT2D eigenvalue weighted by Gasteiger charge is 2.36. The number of fused-ring (bicyclic) bond motifs is 1. The maximum atomic E-state index is 12.0. The first-order chi connectivity index (χ1) is 9.20. The number of benzene rings is 1. The minimum atomic E-state index is -0.551. The van der Waals surface area contributed by atoms with Crippen LogP contribution in [0.15, 0.2) is 35.2 Å². The molecule has 0 unspecified atom stereocenters. The normalized spacial score (nSPS) is 13.8. The van der Waals surface area contributed by atoms with Crippen molar-refractivity contribution in [1.82, 2.24) is 5.16 Å². The number of ether oxygens (including phenoxy) is 1. The lowest BCUT2D eigenvalue weighted by atomic mass is 10.1. The second-order valence-corrected chi connectivity index (χ2v) is 4.14. The van der Waals surface area contributed by atoms with Gasteiger partial charge in [-0.2, -0.15) is 0 Å². The molecule has 19 heavy (non-hydrogen) atoms. The van der Waals surface area contributed by atoms with E-state index in [2.05, 4.69) is 5.16 Å². The van der Waals surface area contributed by atoms with E-state index in [9.17, 15) is 9.59 Å². The molecule has 96 valence electrons. The van der Waals surface area contributed by atoms with E-state index >= 15 is 0 Å². The first-order valence-electron chi connectivity index (χ1n) is 5.63. The van der Waals surface area contributed by atoms with Crippen molar-refractivity contribution in [3.05, 3.63) is 41.8 Å². The van der Waals surface area contributed by atoms with Gasteiger partial charge in [0, 0.05) is 5.56 Å². The van der Waals surface area contributed by atoms with Crippen LogP contribution >= 0.6 is 0 Å². The Morgan fingerprint density at radius 3 is 2.89 bits per heavy atom. The predicted molar refractivity (Wildman–Crippen MR) is 65.0 cm³/mol. The van der Waals surface area contributed by atoms with Crippen molar-refractivity contribution in [3.63, 3.8) is 0 Å². The maximum Gasteiger partial charge on any atom is 0.299 e. The molecule has 0 bridgehead atoms. The van der Waals surface area contributed by atoms with Crippen molar-refractivity contribution in [2.24, 2.45) is 0 Å². The van der Waals surface area contributed by atoms with E-state index in [1.54, 1.807) is 18.2 Å². The van der Waals surface area contributed by atoms with E-state index in [-0.39, 0.29) is 6.54 Å². The van der Waals surface area contributed by atoms with Crippen molar-refractivity contribution in [2.45, 2.75) is 6.54 Å². The molecule has 0 N–H and O–H groups in total. The third kappa shape index (κ3) is 1.77. The number of ketones is 1. The Balaban J connectivity index is 2.00. The second-order valence-electron chi connectivity index (χ2n) is 4.14. The topological polar surface area (TPSA) is 72.6 Å². The van der Waals surface area contributed by atoms with Gasteiger partial charge in [-0.3, -0.25) is 9.59 Å². The van der Waals surface area contributed by atoms with Crippen LogP contribution in [0.3, 0.4) is 0 Å². The van der Waals surface area contributed by atoms with Gasteiger partial charge >= 0.3 is 0 Å². The van der Waals surface area contributed by atoms with E-state index in [1.165, 1.54) is 24.5 Å². The third-order valence-corrected chi connectivity index (χ3v) is 3.00. The molecule has 0 atom stereocenters. The van der Waals surface area contributed by atoms with Crippen molar-refractivity contribution in [2.75, 3.05) is 12.0 Å². The fourth-order valence-corrected chi connectivity index (χ4v) is 2.05. The molecule has 0 aliphatic carbocycles. The van der Waals surface area contributed by atoms with E-state index in [4.69, 9.17) is 9.26 Å². The molecule has 6 nitrogen and oxygen atoms in total. The fourth-order valence-electron chi connectivity index (χ4n) is 2.05. The zero-order valence-electron chi connectivity index (χ0n) is 10.1. The summed E-state index contributed by atoms with van der Waals surface area (Å²) in [5.41, 5.74) is 1.67. The van der Waals surface area contributed by atoms with Crippen LogP contribution in [0.25, 0.3) is 0 Å². The highest BCUT2D eigenvalue weighted by molar-refractivity contribution is 6.52. The lowest BCUT2D eigenvalue weighted by Crippen LogP contribution is -2.28. The van der Waals surface area contributed by atoms with Crippen LogP contribution in [-0.2, 0) is 11.3 Å². The highest BCUT2D eigenvalue weighted by atomic mass is 16.5. The van der Waals surface area contributed by atoms with Crippen molar-refractivity contribution in [3.8, 4) is 5.75 Å². The first kappa shape index (κ1) is 11.5. The third-order valence-electron chi connectivity index (χ3n) is 3.00. The van der Waals surface area contributed by atoms with E-state index < -0.39 is 11.7 Å². The zero-order chi connectivity index (χ0) is 13.4. The standard InChI is InChI=1S/C13H10N2O4/c1-18-9-2-3-11-10(4-9)12(16)13(17)15(11)6-8-5-14-19-7-8/h2-5,7H,6H2,1H3. The van der Waals surface area contributed by atoms with E-state index in [1.807, 2.05) is 0 Å². The largest absolute Gasteiger partial charge is 0.497 e. The minimum absolute atomic E-state index is 0.257. The molecule has 1 amide bonds. The van der Waals surface area contributed by atoms with Gasteiger partial charge in [-0.15, -0.1) is 0 Å². The molecule has 1 aliphatic heterocycles. The lowest BCUT2D eigenvalue weighted by Gasteiger charge is -2.15. The molecule has 1 aromatic heterocycles. The number of nitrogens with zero attached hydrogens (tertiary/aromatic N) is 2. The summed E-state index contributed by atoms with van der Waals surface area (Å²) in [5.74, 6) is -0.526. The summed E-state index contributed by atoms with van der Waals surface area (Å²) < 4.78 is 9.78. The number of amides is 1. The Labute approximate surface area is 108 Å². The van der Waals surface area contributed by atoms with Gasteiger partial charge < -0.3 is 14.2 Å². The second kappa shape index (κ2) is 4.24. The number of hydrogen-bond donors (Lipinski definition) is 0. The Hall–Kier alpha value is -2.63. The lowest BCUT2D eigenvalue weighted by molar-refractivity contribution is -0.114. The van der Waals surface area contributed by atoms with Gasteiger partial charge in [0.2, 0.25) is 0 Å². The maximum absolute atomic E-state index is 12.0. The smallest absolute Gasteiger partial charge is 0.299 e. The van der Waals surface area contributed by atoms with Gasteiger partial charge in [0.05, 0.1) is 31.1 Å². The van der Waals surface area contributed by atoms with Crippen molar-refractivity contribution >= 4 is 17.4 Å². The van der Waals surface area contributed by atoms with Crippen LogP contribution in [0.2, 0.25) is 0 Å². The van der Waals surface area contributed by atoms with Crippen LogP contribution < -0.4 is 9.64 Å². The summed E-state index contributed by atoms with van der Waals surface area (Å²) >= 11 is 0. The van der Waals surface area contributed by atoms with Gasteiger partial charge in [-0.1, -0.05) is 5.16 Å². The molecule has 0 saturated heterocycles. The SMILES string of the molecule is COc1ccc2c(c1)C(=O)C(=O)N2Cc1cnoc1. The average molecular weight is 258 g/mol. The van der Waals surface area contributed by atoms with Gasteiger partial charge in [0.25, 0.3) is 11.7 Å². The number of hydrogen-bond acceptors (Lipinski definition) is 5. The van der Waals surface area contributed by atoms with Crippen molar-refractivity contribution < 1.29 is 18.8 Å². The molecule has 2 aromatic rings. The monoisotopic (exact) mass is 258 g/mol. The number of aromatic nitrogens is 1. The summed E-state index contributed by atoms with van der Waals surface area (Å²) in [4.78, 5) is 25.3. The van der Waals surface area contributed by atoms with Crippen LogP contribution in [0, 0.1) is 0 Å². The van der Waals surface area contributed by atoms with Crippen LogP contribution in [0.1, 0.15) is 15.9 Å². The van der Waals surface area contributed by atoms with Gasteiger partial charge in [0.1, 0.15) is 12.0 Å². The van der Waals surface area contributed by atoms with E-state index in [0.717, 1.165) is 5.56 Å². The fraction of sp³-hybridized carbons (Fsp3) is 0.154. The van der Waals surface area contributed by atoms with Gasteiger partial charge in [-0.05, 0) is 18.2 Å². The Morgan fingerprint density at radius 2 is 2.21 bits per heavy atom. The molecule has 1 aliphatic rings. The molecule has 0 saturated carbocycles. The summed E-state index contributed by atoms with van der Waals surface area (Å²) in [6, 6.07) is 4.99. The van der Waals surface area contributed by atoms with Gasteiger partial charge in [0.15, 0.2) is 0 Å². The van der Waals surface area contributed by atoms with E-state index in [0.29, 0.717) is 17.0 Å². The molecule has 2 heterocycles. The van der Waals surface area contributed by atoms with Crippen LogP contribution in [-0.4, -0.2) is 24.0 Å². The Kier molecular flexibility index (Phi) is 2.56. The number of Topliss-reactive ketones (excluding diaryl/α,β-unsaturated/α-hetero) is 1. The number of rotatable bonds is 3. The highest BCUT2D eigenvalue weighted by Crippen LogP contribution is 2.32. The number of methoxy groups -OCH3 is 1. The molecule has 0 fully saturated rings. The Bertz CT molecular complexity index is 649. The first-order valence-corrected chi connectivity index (χ1v) is 5.63. The minimum Gasteiger partial charge on any atom is -0.497 e. The summed E-state index contributed by atoms with van der Waals surface area (Å²) in [6.45, 7) is 0.257. The number of carbonyl (C=O) groups excluding carboxylic acids is 2. The molecule has 6 heteroatoms. The van der Waals surface area contributed by atoms with Gasteiger partial charge in [-0.25, -0.2) is 0 Å². The molecule has 0 radical (unpaired) electrons. The predicted octanol–water partition coefficient (Wildman–Crippen LogP) is 1.41. The summed E-state index contributed by atoms with van der Waals surface area (Å²) in [5, 5.41) is 3.57. The quantitative estimate of drug-likeness (QED) is 0.778. The molecular weight excluding hydrogens is 248 g/mol. The van der Waals surface area contributed by atoms with Crippen LogP contribution in [0.5, 0.6) is 5.75 Å².